The largest absolute Gasteiger partial charge is 0.339 e. The first-order chi connectivity index (χ1) is 8.29. The molecule has 1 heterocycles. The van der Waals surface area contributed by atoms with Gasteiger partial charge in [-0.05, 0) is 37.0 Å². The van der Waals surface area contributed by atoms with E-state index < -0.39 is 0 Å². The van der Waals surface area contributed by atoms with Crippen LogP contribution in [0.2, 0.25) is 0 Å². The number of hydrogen-bond donors (Lipinski definition) is 0. The van der Waals surface area contributed by atoms with Crippen molar-refractivity contribution in [3.05, 3.63) is 30.1 Å². The summed E-state index contributed by atoms with van der Waals surface area (Å²) in [6, 6.07) is 4.03. The molecular formula is C15H24N2O. The fourth-order valence-corrected chi connectivity index (χ4v) is 1.85. The second-order valence-corrected chi connectivity index (χ2v) is 6.21. The zero-order valence-electron chi connectivity index (χ0n) is 12.1. The summed E-state index contributed by atoms with van der Waals surface area (Å²) >= 11 is 0. The summed E-state index contributed by atoms with van der Waals surface area (Å²) in [6.07, 6.45) is 3.91. The molecule has 0 unspecified atom stereocenters. The highest BCUT2D eigenvalue weighted by molar-refractivity contribution is 5.79. The number of nitrogens with zero attached hydrogens (tertiary/aromatic N) is 2. The molecule has 1 amide bonds. The quantitative estimate of drug-likeness (QED) is 0.821. The van der Waals surface area contributed by atoms with Gasteiger partial charge < -0.3 is 4.90 Å². The molecule has 1 rings (SSSR count). The number of carbonyl (C=O) groups is 1. The van der Waals surface area contributed by atoms with Crippen LogP contribution in [-0.4, -0.2) is 28.4 Å². The lowest BCUT2D eigenvalue weighted by Gasteiger charge is -2.33. The van der Waals surface area contributed by atoms with Gasteiger partial charge in [0.25, 0.3) is 0 Å². The smallest absolute Gasteiger partial charge is 0.227 e. The van der Waals surface area contributed by atoms with Crippen LogP contribution in [0.15, 0.2) is 24.5 Å². The number of carbonyl (C=O) groups excluding carboxylic acids is 1. The van der Waals surface area contributed by atoms with E-state index in [1.54, 1.807) is 12.4 Å². The van der Waals surface area contributed by atoms with Crippen molar-refractivity contribution in [3.8, 4) is 0 Å². The van der Waals surface area contributed by atoms with Crippen molar-refractivity contribution in [2.75, 3.05) is 6.54 Å². The van der Waals surface area contributed by atoms with E-state index in [1.165, 1.54) is 0 Å². The van der Waals surface area contributed by atoms with E-state index >= 15 is 0 Å². The van der Waals surface area contributed by atoms with Crippen molar-refractivity contribution in [1.29, 1.82) is 0 Å². The Hall–Kier alpha value is -1.38. The second kappa shape index (κ2) is 5.98. The molecule has 0 aromatic carbocycles. The Balaban J connectivity index is 2.72. The second-order valence-electron chi connectivity index (χ2n) is 6.21. The van der Waals surface area contributed by atoms with Crippen molar-refractivity contribution in [2.24, 2.45) is 5.41 Å². The molecule has 0 fully saturated rings. The third-order valence-electron chi connectivity index (χ3n) is 2.69. The summed E-state index contributed by atoms with van der Waals surface area (Å²) in [5.41, 5.74) is 1.15. The van der Waals surface area contributed by atoms with E-state index in [9.17, 15) is 4.79 Å². The molecule has 0 N–H and O–H groups in total. The van der Waals surface area contributed by atoms with E-state index in [0.29, 0.717) is 6.42 Å². The molecule has 0 bridgehead atoms. The minimum Gasteiger partial charge on any atom is -0.339 e. The van der Waals surface area contributed by atoms with Gasteiger partial charge >= 0.3 is 0 Å². The van der Waals surface area contributed by atoms with Crippen LogP contribution >= 0.6 is 0 Å². The van der Waals surface area contributed by atoms with Crippen LogP contribution < -0.4 is 0 Å². The number of hydrogen-bond acceptors (Lipinski definition) is 2. The van der Waals surface area contributed by atoms with E-state index in [0.717, 1.165) is 12.1 Å². The molecule has 0 aliphatic heterocycles. The molecule has 0 spiro atoms. The van der Waals surface area contributed by atoms with E-state index in [-0.39, 0.29) is 17.4 Å². The SMILES string of the molecule is CC(C)N(CC(C)(C)C)C(=O)Cc1ccncc1. The van der Waals surface area contributed by atoms with Crippen molar-refractivity contribution in [1.82, 2.24) is 9.88 Å². The monoisotopic (exact) mass is 248 g/mol. The van der Waals surface area contributed by atoms with Gasteiger partial charge in [0.1, 0.15) is 0 Å². The maximum Gasteiger partial charge on any atom is 0.227 e. The molecule has 0 aliphatic rings. The van der Waals surface area contributed by atoms with Crippen LogP contribution in [0.3, 0.4) is 0 Å². The molecule has 0 atom stereocenters. The van der Waals surface area contributed by atoms with Gasteiger partial charge in [0.05, 0.1) is 6.42 Å². The molecule has 1 aromatic heterocycles. The van der Waals surface area contributed by atoms with Crippen LogP contribution in [0.4, 0.5) is 0 Å². The standard InChI is InChI=1S/C15H24N2O/c1-12(2)17(11-15(3,4)5)14(18)10-13-6-8-16-9-7-13/h6-9,12H,10-11H2,1-5H3. The number of rotatable bonds is 4. The summed E-state index contributed by atoms with van der Waals surface area (Å²) in [6.45, 7) is 11.4. The molecule has 0 radical (unpaired) electrons. The molecule has 3 nitrogen and oxygen atoms in total. The normalized spacial score (nSPS) is 11.7. The fourth-order valence-electron chi connectivity index (χ4n) is 1.85. The molecule has 18 heavy (non-hydrogen) atoms. The summed E-state index contributed by atoms with van der Waals surface area (Å²) in [5.74, 6) is 0.186. The minimum absolute atomic E-state index is 0.123. The van der Waals surface area contributed by atoms with Gasteiger partial charge in [-0.1, -0.05) is 20.8 Å². The Labute approximate surface area is 110 Å². The van der Waals surface area contributed by atoms with Crippen molar-refractivity contribution in [2.45, 2.75) is 47.1 Å². The average molecular weight is 248 g/mol. The van der Waals surface area contributed by atoms with E-state index in [4.69, 9.17) is 0 Å². The fraction of sp³-hybridized carbons (Fsp3) is 0.600. The highest BCUT2D eigenvalue weighted by Crippen LogP contribution is 2.18. The topological polar surface area (TPSA) is 33.2 Å². The van der Waals surface area contributed by atoms with Crippen molar-refractivity contribution >= 4 is 5.91 Å². The Morgan fingerprint density at radius 1 is 1.28 bits per heavy atom. The first kappa shape index (κ1) is 14.7. The van der Waals surface area contributed by atoms with Gasteiger partial charge in [-0.2, -0.15) is 0 Å². The Bertz CT molecular complexity index is 379. The molecule has 3 heteroatoms. The van der Waals surface area contributed by atoms with Gasteiger partial charge in [-0.15, -0.1) is 0 Å². The van der Waals surface area contributed by atoms with Gasteiger partial charge in [0.15, 0.2) is 0 Å². The van der Waals surface area contributed by atoms with Gasteiger partial charge in [-0.25, -0.2) is 0 Å². The number of aromatic nitrogens is 1. The zero-order valence-corrected chi connectivity index (χ0v) is 12.1. The third-order valence-corrected chi connectivity index (χ3v) is 2.69. The first-order valence-electron chi connectivity index (χ1n) is 6.48. The Morgan fingerprint density at radius 3 is 2.28 bits per heavy atom. The summed E-state index contributed by atoms with van der Waals surface area (Å²) in [4.78, 5) is 18.3. The minimum atomic E-state index is 0.123. The lowest BCUT2D eigenvalue weighted by Crippen LogP contribution is -2.43. The molecule has 100 valence electrons. The molecule has 1 aromatic rings. The van der Waals surface area contributed by atoms with Gasteiger partial charge in [0, 0.05) is 25.0 Å². The Kier molecular flexibility index (Phi) is 4.88. The zero-order chi connectivity index (χ0) is 13.8. The van der Waals surface area contributed by atoms with Crippen LogP contribution in [0.1, 0.15) is 40.2 Å². The van der Waals surface area contributed by atoms with Crippen LogP contribution in [0, 0.1) is 5.41 Å². The molecular weight excluding hydrogens is 224 g/mol. The highest BCUT2D eigenvalue weighted by atomic mass is 16.2. The van der Waals surface area contributed by atoms with Crippen LogP contribution in [-0.2, 0) is 11.2 Å². The maximum atomic E-state index is 12.3. The lowest BCUT2D eigenvalue weighted by atomic mass is 9.95. The third kappa shape index (κ3) is 4.86. The van der Waals surface area contributed by atoms with Crippen molar-refractivity contribution in [3.63, 3.8) is 0 Å². The van der Waals surface area contributed by atoms with Gasteiger partial charge in [0.2, 0.25) is 5.91 Å². The summed E-state index contributed by atoms with van der Waals surface area (Å²) in [7, 11) is 0. The lowest BCUT2D eigenvalue weighted by molar-refractivity contribution is -0.133. The highest BCUT2D eigenvalue weighted by Gasteiger charge is 2.23. The molecule has 0 saturated heterocycles. The van der Waals surface area contributed by atoms with Crippen LogP contribution in [0.25, 0.3) is 0 Å². The van der Waals surface area contributed by atoms with E-state index in [1.807, 2.05) is 17.0 Å². The van der Waals surface area contributed by atoms with E-state index in [2.05, 4.69) is 39.6 Å². The molecule has 0 saturated carbocycles. The Morgan fingerprint density at radius 2 is 1.83 bits per heavy atom. The molecule has 0 aliphatic carbocycles. The predicted octanol–water partition coefficient (Wildman–Crippen LogP) is 2.91. The first-order valence-corrected chi connectivity index (χ1v) is 6.48. The average Bonchev–Trinajstić information content (AvgIpc) is 2.25. The van der Waals surface area contributed by atoms with Gasteiger partial charge in [-0.3, -0.25) is 9.78 Å². The number of pyridine rings is 1. The summed E-state index contributed by atoms with van der Waals surface area (Å²) in [5, 5.41) is 0. The van der Waals surface area contributed by atoms with Crippen molar-refractivity contribution < 1.29 is 4.79 Å². The van der Waals surface area contributed by atoms with Crippen LogP contribution in [0.5, 0.6) is 0 Å². The summed E-state index contributed by atoms with van der Waals surface area (Å²) < 4.78 is 0. The maximum absolute atomic E-state index is 12.3. The predicted molar refractivity (Wildman–Crippen MR) is 74.2 cm³/mol. The number of amides is 1.